The van der Waals surface area contributed by atoms with Crippen molar-refractivity contribution in [3.8, 4) is 0 Å². The van der Waals surface area contributed by atoms with E-state index < -0.39 is 24.8 Å². The third-order valence-corrected chi connectivity index (χ3v) is 4.59. The number of hydrogen-bond donors (Lipinski definition) is 0. The van der Waals surface area contributed by atoms with E-state index in [4.69, 9.17) is 9.05 Å². The first-order valence-corrected chi connectivity index (χ1v) is 7.18. The Labute approximate surface area is 102 Å². The lowest BCUT2D eigenvalue weighted by atomic mass is 10.2. The van der Waals surface area contributed by atoms with E-state index in [2.05, 4.69) is 0 Å². The van der Waals surface area contributed by atoms with Crippen LogP contribution in [0.15, 0.2) is 0 Å². The first-order valence-electron chi connectivity index (χ1n) is 5.57. The van der Waals surface area contributed by atoms with Gasteiger partial charge in [0.05, 0.1) is 12.2 Å². The van der Waals surface area contributed by atoms with E-state index in [0.717, 1.165) is 0 Å². The van der Waals surface area contributed by atoms with Gasteiger partial charge in [0, 0.05) is 0 Å². The van der Waals surface area contributed by atoms with Crippen molar-refractivity contribution in [3.05, 3.63) is 0 Å². The second-order valence-electron chi connectivity index (χ2n) is 4.47. The molecule has 0 saturated carbocycles. The van der Waals surface area contributed by atoms with Crippen LogP contribution in [0, 0.1) is 0 Å². The summed E-state index contributed by atoms with van der Waals surface area (Å²) in [6.07, 6.45) is -0.776. The highest BCUT2D eigenvalue weighted by Crippen LogP contribution is 2.55. The number of ketones is 2. The van der Waals surface area contributed by atoms with Gasteiger partial charge in [-0.25, -0.2) is 0 Å². The molecule has 17 heavy (non-hydrogen) atoms. The molecule has 0 saturated heterocycles. The highest BCUT2D eigenvalue weighted by Gasteiger charge is 2.44. The molecule has 6 heteroatoms. The number of hydrogen-bond acceptors (Lipinski definition) is 5. The van der Waals surface area contributed by atoms with Crippen molar-refractivity contribution in [3.63, 3.8) is 0 Å². The van der Waals surface area contributed by atoms with Crippen LogP contribution in [0.25, 0.3) is 0 Å². The zero-order chi connectivity index (χ0) is 13.8. The molecule has 0 aromatic heterocycles. The van der Waals surface area contributed by atoms with Gasteiger partial charge in [-0.1, -0.05) is 0 Å². The molecule has 0 fully saturated rings. The molecule has 100 valence electrons. The van der Waals surface area contributed by atoms with Crippen LogP contribution >= 0.6 is 7.60 Å². The average molecular weight is 264 g/mol. The van der Waals surface area contributed by atoms with Gasteiger partial charge in [-0.15, -0.1) is 0 Å². The predicted octanol–water partition coefficient (Wildman–Crippen LogP) is 2.58. The molecule has 0 aromatic carbocycles. The topological polar surface area (TPSA) is 69.7 Å². The summed E-state index contributed by atoms with van der Waals surface area (Å²) in [6, 6.07) is 0. The third kappa shape index (κ3) is 5.11. The van der Waals surface area contributed by atoms with Gasteiger partial charge >= 0.3 is 7.60 Å². The molecule has 0 spiro atoms. The van der Waals surface area contributed by atoms with Crippen LogP contribution < -0.4 is 0 Å². The average Bonchev–Trinajstić information content (AvgIpc) is 1.95. The van der Waals surface area contributed by atoms with Crippen molar-refractivity contribution in [2.75, 3.05) is 0 Å². The Balaban J connectivity index is 5.33. The summed E-state index contributed by atoms with van der Waals surface area (Å²) in [5, 5.41) is 0. The minimum atomic E-state index is -3.75. The molecule has 0 heterocycles. The Hall–Kier alpha value is -0.510. The maximum Gasteiger partial charge on any atom is 0.349 e. The standard InChI is InChI=1S/C11H21O5P/c1-7(2)15-17(14,16-8(3)4)11(9(5)12)10(6)13/h7-8,11H,1-6H3. The highest BCUT2D eigenvalue weighted by atomic mass is 31.2. The Kier molecular flexibility index (Phi) is 6.24. The molecule has 0 atom stereocenters. The lowest BCUT2D eigenvalue weighted by Crippen LogP contribution is -2.30. The summed E-state index contributed by atoms with van der Waals surface area (Å²) in [7, 11) is -3.75. The van der Waals surface area contributed by atoms with Gasteiger partial charge in [-0.2, -0.15) is 0 Å². The van der Waals surface area contributed by atoms with Gasteiger partial charge in [-0.05, 0) is 41.5 Å². The van der Waals surface area contributed by atoms with Crippen LogP contribution in [0.1, 0.15) is 41.5 Å². The molecule has 0 bridgehead atoms. The molecule has 0 aliphatic heterocycles. The highest BCUT2D eigenvalue weighted by molar-refractivity contribution is 7.57. The molecule has 0 aliphatic carbocycles. The Bertz CT molecular complexity index is 307. The van der Waals surface area contributed by atoms with E-state index in [-0.39, 0.29) is 12.2 Å². The maximum absolute atomic E-state index is 12.5. The van der Waals surface area contributed by atoms with Crippen molar-refractivity contribution in [2.24, 2.45) is 0 Å². The van der Waals surface area contributed by atoms with E-state index in [0.29, 0.717) is 0 Å². The van der Waals surface area contributed by atoms with Crippen LogP contribution in [-0.4, -0.2) is 29.4 Å². The molecular weight excluding hydrogens is 243 g/mol. The molecular formula is C11H21O5P. The number of rotatable bonds is 7. The molecule has 0 N–H and O–H groups in total. The number of carbonyl (C=O) groups excluding carboxylic acids is 2. The maximum atomic E-state index is 12.5. The van der Waals surface area contributed by atoms with E-state index in [1.165, 1.54) is 13.8 Å². The van der Waals surface area contributed by atoms with Crippen LogP contribution in [0.5, 0.6) is 0 Å². The second-order valence-corrected chi connectivity index (χ2v) is 6.49. The molecule has 0 amide bonds. The van der Waals surface area contributed by atoms with E-state index in [9.17, 15) is 14.2 Å². The van der Waals surface area contributed by atoms with E-state index in [1.807, 2.05) is 0 Å². The lowest BCUT2D eigenvalue weighted by molar-refractivity contribution is -0.124. The largest absolute Gasteiger partial charge is 0.349 e. The van der Waals surface area contributed by atoms with Crippen LogP contribution in [0.4, 0.5) is 0 Å². The van der Waals surface area contributed by atoms with E-state index in [1.54, 1.807) is 27.7 Å². The smallest absolute Gasteiger partial charge is 0.305 e. The molecule has 0 radical (unpaired) electrons. The summed E-state index contributed by atoms with van der Waals surface area (Å²) >= 11 is 0. The molecule has 0 rings (SSSR count). The first kappa shape index (κ1) is 16.5. The normalized spacial score (nSPS) is 12.5. The van der Waals surface area contributed by atoms with Gasteiger partial charge in [0.1, 0.15) is 0 Å². The Morgan fingerprint density at radius 2 is 1.18 bits per heavy atom. The first-order chi connectivity index (χ1) is 7.60. The van der Waals surface area contributed by atoms with Gasteiger partial charge in [-0.3, -0.25) is 14.2 Å². The quantitative estimate of drug-likeness (QED) is 0.522. The van der Waals surface area contributed by atoms with Crippen LogP contribution in [0.2, 0.25) is 0 Å². The van der Waals surface area contributed by atoms with Gasteiger partial charge in [0.2, 0.25) is 0 Å². The van der Waals surface area contributed by atoms with Crippen molar-refractivity contribution >= 4 is 19.2 Å². The predicted molar refractivity (Wildman–Crippen MR) is 65.2 cm³/mol. The van der Waals surface area contributed by atoms with Crippen molar-refractivity contribution in [1.82, 2.24) is 0 Å². The van der Waals surface area contributed by atoms with Crippen molar-refractivity contribution < 1.29 is 23.2 Å². The number of carbonyl (C=O) groups is 2. The minimum absolute atomic E-state index is 0.388. The minimum Gasteiger partial charge on any atom is -0.305 e. The molecule has 0 aromatic rings. The summed E-state index contributed by atoms with van der Waals surface area (Å²) in [4.78, 5) is 22.9. The fraction of sp³-hybridized carbons (Fsp3) is 0.818. The molecule has 0 aliphatic rings. The Morgan fingerprint density at radius 3 is 1.35 bits per heavy atom. The van der Waals surface area contributed by atoms with E-state index >= 15 is 0 Å². The van der Waals surface area contributed by atoms with Gasteiger partial charge in [0.15, 0.2) is 17.2 Å². The number of Topliss-reactive ketones (excluding diaryl/α,β-unsaturated/α-hetero) is 2. The fourth-order valence-electron chi connectivity index (χ4n) is 1.47. The molecule has 0 unspecified atom stereocenters. The third-order valence-electron chi connectivity index (χ3n) is 1.80. The van der Waals surface area contributed by atoms with Gasteiger partial charge in [0.25, 0.3) is 0 Å². The van der Waals surface area contributed by atoms with Crippen molar-refractivity contribution in [1.29, 1.82) is 0 Å². The lowest BCUT2D eigenvalue weighted by Gasteiger charge is -2.26. The zero-order valence-corrected chi connectivity index (χ0v) is 12.1. The fourth-order valence-corrected chi connectivity index (χ4v) is 3.83. The summed E-state index contributed by atoms with van der Waals surface area (Å²) in [6.45, 7) is 9.13. The Morgan fingerprint density at radius 1 is 0.882 bits per heavy atom. The monoisotopic (exact) mass is 264 g/mol. The summed E-state index contributed by atoms with van der Waals surface area (Å²) < 4.78 is 23.0. The van der Waals surface area contributed by atoms with Crippen molar-refractivity contribution in [2.45, 2.75) is 59.4 Å². The zero-order valence-electron chi connectivity index (χ0n) is 11.2. The summed E-state index contributed by atoms with van der Waals surface area (Å²) in [5.41, 5.74) is -1.33. The van der Waals surface area contributed by atoms with Crippen LogP contribution in [-0.2, 0) is 23.2 Å². The van der Waals surface area contributed by atoms with Crippen LogP contribution in [0.3, 0.4) is 0 Å². The summed E-state index contributed by atoms with van der Waals surface area (Å²) in [5.74, 6) is -0.996. The second kappa shape index (κ2) is 6.43. The molecule has 5 nitrogen and oxygen atoms in total. The van der Waals surface area contributed by atoms with Gasteiger partial charge < -0.3 is 9.05 Å². The SMILES string of the molecule is CC(=O)C(C(C)=O)P(=O)(OC(C)C)OC(C)C.